The third-order valence-corrected chi connectivity index (χ3v) is 5.59. The van der Waals surface area contributed by atoms with Gasteiger partial charge in [-0.15, -0.1) is 0 Å². The molecule has 0 amide bonds. The fourth-order valence-corrected chi connectivity index (χ4v) is 4.48. The van der Waals surface area contributed by atoms with Crippen LogP contribution in [0.3, 0.4) is 0 Å². The lowest BCUT2D eigenvalue weighted by Crippen LogP contribution is -2.24. The third-order valence-electron chi connectivity index (χ3n) is 3.15. The average molecular weight is 320 g/mol. The Balaban J connectivity index is 1.98. The van der Waals surface area contributed by atoms with E-state index in [9.17, 15) is 0 Å². The Bertz CT molecular complexity index is 570. The van der Waals surface area contributed by atoms with E-state index in [4.69, 9.17) is 23.2 Å². The van der Waals surface area contributed by atoms with Crippen molar-refractivity contribution in [1.82, 2.24) is 0 Å². The Morgan fingerprint density at radius 1 is 1.28 bits per heavy atom. The van der Waals surface area contributed by atoms with E-state index < -0.39 is 0 Å². The number of thioether (sulfide) groups is 1. The van der Waals surface area contributed by atoms with Gasteiger partial charge in [-0.1, -0.05) is 30.1 Å². The summed E-state index contributed by atoms with van der Waals surface area (Å²) in [5, 5.41) is 5.26. The summed E-state index contributed by atoms with van der Waals surface area (Å²) in [6.07, 6.45) is 1.14. The molecule has 0 bridgehead atoms. The highest BCUT2D eigenvalue weighted by atomic mass is 35.5. The molecule has 0 aromatic heterocycles. The zero-order chi connectivity index (χ0) is 12.7. The van der Waals surface area contributed by atoms with Gasteiger partial charge in [0.15, 0.2) is 0 Å². The van der Waals surface area contributed by atoms with Gasteiger partial charge in [0, 0.05) is 11.3 Å². The number of anilines is 1. The van der Waals surface area contributed by atoms with E-state index in [0.717, 1.165) is 34.8 Å². The average Bonchev–Trinajstić information content (AvgIpc) is 2.93. The van der Waals surface area contributed by atoms with Gasteiger partial charge in [0.25, 0.3) is 0 Å². The van der Waals surface area contributed by atoms with Gasteiger partial charge >= 0.3 is 0 Å². The molecule has 0 saturated carbocycles. The van der Waals surface area contributed by atoms with Crippen LogP contribution in [-0.4, -0.2) is 17.0 Å². The zero-order valence-electron chi connectivity index (χ0n) is 9.61. The fourth-order valence-electron chi connectivity index (χ4n) is 2.12. The molecule has 0 radical (unpaired) electrons. The lowest BCUT2D eigenvalue weighted by atomic mass is 10.1. The van der Waals surface area contributed by atoms with Crippen LogP contribution < -0.4 is 5.32 Å². The van der Waals surface area contributed by atoms with Gasteiger partial charge in [-0.05, 0) is 18.2 Å². The second kappa shape index (κ2) is 5.04. The second-order valence-electron chi connectivity index (χ2n) is 4.29. The molecule has 3 rings (SSSR count). The Morgan fingerprint density at radius 2 is 2.06 bits per heavy atom. The lowest BCUT2D eigenvalue weighted by Gasteiger charge is -2.20. The molecular formula is C11H11Cl2N3S2. The molecule has 1 aromatic carbocycles. The number of hydrogen-bond donors (Lipinski definition) is 1. The summed E-state index contributed by atoms with van der Waals surface area (Å²) in [7, 11) is 0. The van der Waals surface area contributed by atoms with Gasteiger partial charge in [0.05, 0.1) is 27.1 Å². The highest BCUT2D eigenvalue weighted by Gasteiger charge is 2.27. The zero-order valence-corrected chi connectivity index (χ0v) is 12.8. The van der Waals surface area contributed by atoms with Crippen LogP contribution in [-0.2, 0) is 11.4 Å². The van der Waals surface area contributed by atoms with E-state index in [-0.39, 0.29) is 0 Å². The van der Waals surface area contributed by atoms with E-state index in [1.54, 1.807) is 6.07 Å². The number of benzene rings is 1. The number of halogens is 2. The van der Waals surface area contributed by atoms with Crippen molar-refractivity contribution in [2.75, 3.05) is 11.1 Å². The molecule has 2 unspecified atom stereocenters. The molecule has 1 fully saturated rings. The predicted octanol–water partition coefficient (Wildman–Crippen LogP) is 5.03. The Kier molecular flexibility index (Phi) is 3.58. The summed E-state index contributed by atoms with van der Waals surface area (Å²) >= 11 is 15.5. The SMILES string of the molecule is CC1SCCC1Nc1c(Cl)cc(Cl)c2c1N=S=N2. The first-order chi connectivity index (χ1) is 8.66. The third kappa shape index (κ3) is 2.18. The maximum absolute atomic E-state index is 6.27. The van der Waals surface area contributed by atoms with Gasteiger partial charge in [0.1, 0.15) is 11.4 Å². The van der Waals surface area contributed by atoms with E-state index in [2.05, 4.69) is 21.0 Å². The maximum Gasteiger partial charge on any atom is 0.130 e. The minimum Gasteiger partial charge on any atom is -0.378 e. The Hall–Kier alpha value is -0.230. The minimum atomic E-state index is 0.429. The van der Waals surface area contributed by atoms with Crippen molar-refractivity contribution in [3.05, 3.63) is 16.1 Å². The van der Waals surface area contributed by atoms with Crippen molar-refractivity contribution < 1.29 is 0 Å². The fraction of sp³-hybridized carbons (Fsp3) is 0.455. The van der Waals surface area contributed by atoms with E-state index in [1.165, 1.54) is 5.75 Å². The van der Waals surface area contributed by atoms with Crippen LogP contribution in [0.1, 0.15) is 13.3 Å². The monoisotopic (exact) mass is 319 g/mol. The number of nitrogens with zero attached hydrogens (tertiary/aromatic N) is 2. The van der Waals surface area contributed by atoms with Crippen LogP contribution in [0.25, 0.3) is 0 Å². The molecule has 2 atom stereocenters. The molecule has 3 nitrogen and oxygen atoms in total. The molecule has 0 spiro atoms. The molecule has 2 aliphatic heterocycles. The van der Waals surface area contributed by atoms with Crippen molar-refractivity contribution in [1.29, 1.82) is 0 Å². The van der Waals surface area contributed by atoms with Crippen LogP contribution in [0.2, 0.25) is 10.0 Å². The second-order valence-corrected chi connectivity index (χ2v) is 7.12. The van der Waals surface area contributed by atoms with Crippen LogP contribution in [0.15, 0.2) is 14.8 Å². The number of rotatable bonds is 2. The van der Waals surface area contributed by atoms with Crippen LogP contribution >= 0.6 is 35.0 Å². The quantitative estimate of drug-likeness (QED) is 0.843. The first kappa shape index (κ1) is 12.8. The summed E-state index contributed by atoms with van der Waals surface area (Å²) in [4.78, 5) is 0. The highest BCUT2D eigenvalue weighted by molar-refractivity contribution is 8.00. The van der Waals surface area contributed by atoms with Gasteiger partial charge < -0.3 is 5.32 Å². The molecule has 1 saturated heterocycles. The molecule has 0 aliphatic carbocycles. The molecule has 1 aromatic rings. The smallest absolute Gasteiger partial charge is 0.130 e. The van der Waals surface area contributed by atoms with Gasteiger partial charge in [0.2, 0.25) is 0 Å². The van der Waals surface area contributed by atoms with Crippen LogP contribution in [0.5, 0.6) is 0 Å². The van der Waals surface area contributed by atoms with Crippen molar-refractivity contribution in [2.24, 2.45) is 8.73 Å². The van der Waals surface area contributed by atoms with E-state index in [1.807, 2.05) is 11.8 Å². The van der Waals surface area contributed by atoms with Gasteiger partial charge in [-0.25, -0.2) is 0 Å². The molecule has 2 aliphatic rings. The van der Waals surface area contributed by atoms with Gasteiger partial charge in [-0.3, -0.25) is 0 Å². The molecule has 96 valence electrons. The van der Waals surface area contributed by atoms with E-state index in [0.29, 0.717) is 21.3 Å². The first-order valence-electron chi connectivity index (χ1n) is 5.65. The first-order valence-corrected chi connectivity index (χ1v) is 8.18. The molecular weight excluding hydrogens is 309 g/mol. The summed E-state index contributed by atoms with van der Waals surface area (Å²) in [6, 6.07) is 2.17. The van der Waals surface area contributed by atoms with Crippen molar-refractivity contribution >= 4 is 63.4 Å². The van der Waals surface area contributed by atoms with Gasteiger partial charge in [-0.2, -0.15) is 20.5 Å². The van der Waals surface area contributed by atoms with Crippen molar-refractivity contribution in [3.63, 3.8) is 0 Å². The van der Waals surface area contributed by atoms with Crippen molar-refractivity contribution in [2.45, 2.75) is 24.6 Å². The summed E-state index contributed by atoms with van der Waals surface area (Å²) in [5.74, 6) is 1.18. The van der Waals surface area contributed by atoms with Crippen molar-refractivity contribution in [3.8, 4) is 0 Å². The summed E-state index contributed by atoms with van der Waals surface area (Å²) < 4.78 is 8.51. The summed E-state index contributed by atoms with van der Waals surface area (Å²) in [5.41, 5.74) is 2.37. The Morgan fingerprint density at radius 3 is 2.78 bits per heavy atom. The molecule has 2 heterocycles. The van der Waals surface area contributed by atoms with E-state index >= 15 is 0 Å². The minimum absolute atomic E-state index is 0.429. The predicted molar refractivity (Wildman–Crippen MR) is 82.0 cm³/mol. The molecule has 1 N–H and O–H groups in total. The Labute approximate surface area is 124 Å². The standard InChI is InChI=1S/C11H11Cl2N3S2/c1-5-8(2-3-17-5)14-9-6(12)4-7(13)10-11(9)16-18-15-10/h4-5,8,14H,2-3H2,1H3. The normalized spacial score (nSPS) is 25.1. The lowest BCUT2D eigenvalue weighted by molar-refractivity contribution is 0.724. The summed E-state index contributed by atoms with van der Waals surface area (Å²) in [6.45, 7) is 2.23. The number of hydrogen-bond acceptors (Lipinski definition) is 4. The van der Waals surface area contributed by atoms with Crippen LogP contribution in [0, 0.1) is 0 Å². The molecule has 7 heteroatoms. The highest BCUT2D eigenvalue weighted by Crippen LogP contribution is 2.48. The topological polar surface area (TPSA) is 36.8 Å². The maximum atomic E-state index is 6.27. The van der Waals surface area contributed by atoms with Crippen LogP contribution in [0.4, 0.5) is 17.1 Å². The molecule has 18 heavy (non-hydrogen) atoms. The number of nitrogens with one attached hydrogen (secondary N) is 1. The number of fused-ring (bicyclic) bond motifs is 1. The largest absolute Gasteiger partial charge is 0.378 e.